The lowest BCUT2D eigenvalue weighted by molar-refractivity contribution is 0.00578. The van der Waals surface area contributed by atoms with Crippen LogP contribution in [0.5, 0.6) is 0 Å². The van der Waals surface area contributed by atoms with Crippen LogP contribution >= 0.6 is 0 Å². The fraction of sp³-hybridized carbons (Fsp3) is 0.552. The van der Waals surface area contributed by atoms with E-state index >= 15 is 0 Å². The van der Waals surface area contributed by atoms with Gasteiger partial charge in [-0.25, -0.2) is 9.78 Å². The molecule has 2 heterocycles. The number of hydrogen-bond acceptors (Lipinski definition) is 7. The average Bonchev–Trinajstić information content (AvgIpc) is 3.14. The van der Waals surface area contributed by atoms with Crippen molar-refractivity contribution in [3.63, 3.8) is 0 Å². The summed E-state index contributed by atoms with van der Waals surface area (Å²) >= 11 is 0. The minimum absolute atomic E-state index is 0.255. The molecule has 3 rings (SSSR count). The number of pyridine rings is 1. The fourth-order valence-electron chi connectivity index (χ4n) is 3.08. The van der Waals surface area contributed by atoms with Gasteiger partial charge in [-0.3, -0.25) is 0 Å². The Hall–Kier alpha value is -2.71. The van der Waals surface area contributed by atoms with Crippen LogP contribution in [0.1, 0.15) is 105 Å². The number of nitrogens with zero attached hydrogens (tertiary/aromatic N) is 1. The van der Waals surface area contributed by atoms with E-state index in [-0.39, 0.29) is 5.56 Å². The van der Waals surface area contributed by atoms with E-state index in [1.165, 1.54) is 7.11 Å². The molecule has 2 aromatic rings. The molecule has 37 heavy (non-hydrogen) atoms. The minimum atomic E-state index is -0.658. The number of aromatic nitrogens is 1. The average molecular weight is 516 g/mol. The van der Waals surface area contributed by atoms with Gasteiger partial charge in [0.25, 0.3) is 0 Å². The Morgan fingerprint density at radius 3 is 1.92 bits per heavy atom. The summed E-state index contributed by atoms with van der Waals surface area (Å²) in [7, 11) is 0.654. The standard InChI is InChI=1S/C21H26BN3O4.4C2H6/c1-13-8-7-9-18(24-13)25-17-11-14(10-15(16(17)12-23)19(26)27-6)22-28-20(2,3)21(4,5)29-22;4*1-2/h7-12,23H,1-6H3,(H,24,25);4*1-2H3. The molecule has 0 amide bonds. The van der Waals surface area contributed by atoms with Gasteiger partial charge in [0.15, 0.2) is 0 Å². The highest BCUT2D eigenvalue weighted by Gasteiger charge is 2.52. The largest absolute Gasteiger partial charge is 0.494 e. The molecule has 8 heteroatoms. The molecule has 0 atom stereocenters. The predicted octanol–water partition coefficient (Wildman–Crippen LogP) is 7.32. The Morgan fingerprint density at radius 2 is 1.49 bits per heavy atom. The van der Waals surface area contributed by atoms with Gasteiger partial charge in [-0.15, -0.1) is 0 Å². The molecule has 1 aromatic carbocycles. The Morgan fingerprint density at radius 1 is 0.973 bits per heavy atom. The Labute approximate surface area is 226 Å². The van der Waals surface area contributed by atoms with Crippen molar-refractivity contribution in [3.05, 3.63) is 47.2 Å². The molecule has 0 unspecified atom stereocenters. The van der Waals surface area contributed by atoms with Crippen molar-refractivity contribution in [2.75, 3.05) is 12.4 Å². The summed E-state index contributed by atoms with van der Waals surface area (Å²) in [5.41, 5.74) is 1.67. The molecule has 1 aromatic heterocycles. The summed E-state index contributed by atoms with van der Waals surface area (Å²) in [5, 5.41) is 11.1. The Bertz CT molecular complexity index is 946. The number of methoxy groups -OCH3 is 1. The second kappa shape index (κ2) is 17.7. The molecule has 1 aliphatic rings. The smallest absolute Gasteiger partial charge is 0.465 e. The van der Waals surface area contributed by atoms with Crippen molar-refractivity contribution in [2.45, 2.75) is 101 Å². The zero-order valence-corrected chi connectivity index (χ0v) is 25.6. The van der Waals surface area contributed by atoms with Gasteiger partial charge in [-0.2, -0.15) is 0 Å². The highest BCUT2D eigenvalue weighted by molar-refractivity contribution is 6.62. The number of anilines is 2. The van der Waals surface area contributed by atoms with Crippen LogP contribution in [0, 0.1) is 12.3 Å². The maximum Gasteiger partial charge on any atom is 0.494 e. The zero-order valence-electron chi connectivity index (χ0n) is 25.6. The van der Waals surface area contributed by atoms with Gasteiger partial charge in [-0.05, 0) is 64.3 Å². The van der Waals surface area contributed by atoms with Crippen LogP contribution in [0.2, 0.25) is 0 Å². The molecule has 2 N–H and O–H groups in total. The van der Waals surface area contributed by atoms with Crippen LogP contribution in [-0.4, -0.2) is 42.6 Å². The van der Waals surface area contributed by atoms with E-state index in [0.717, 1.165) is 11.9 Å². The summed E-state index contributed by atoms with van der Waals surface area (Å²) < 4.78 is 17.2. The van der Waals surface area contributed by atoms with Crippen LogP contribution in [-0.2, 0) is 14.0 Å². The number of hydrogen-bond donors (Lipinski definition) is 2. The van der Waals surface area contributed by atoms with Crippen LogP contribution in [0.25, 0.3) is 0 Å². The van der Waals surface area contributed by atoms with Gasteiger partial charge in [0.05, 0.1) is 23.9 Å². The summed E-state index contributed by atoms with van der Waals surface area (Å²) in [6.07, 6.45) is 1.12. The molecule has 0 radical (unpaired) electrons. The van der Waals surface area contributed by atoms with Gasteiger partial charge >= 0.3 is 13.1 Å². The van der Waals surface area contributed by atoms with E-state index in [4.69, 9.17) is 19.5 Å². The molecular formula is C29H50BN3O4. The lowest BCUT2D eigenvalue weighted by atomic mass is 9.77. The molecule has 0 aliphatic carbocycles. The minimum Gasteiger partial charge on any atom is -0.465 e. The first-order valence-corrected chi connectivity index (χ1v) is 13.4. The number of nitrogens with one attached hydrogen (secondary N) is 2. The summed E-state index contributed by atoms with van der Waals surface area (Å²) in [6.45, 7) is 25.8. The predicted molar refractivity (Wildman–Crippen MR) is 159 cm³/mol. The highest BCUT2D eigenvalue weighted by atomic mass is 16.7. The van der Waals surface area contributed by atoms with E-state index < -0.39 is 24.3 Å². The SMILES string of the molecule is CC.CC.CC.CC.COC(=O)c1cc(B2OC(C)(C)C(C)(C)O2)cc(Nc2cccc(C)n2)c1C=N. The van der Waals surface area contributed by atoms with Crippen LogP contribution < -0.4 is 10.8 Å². The molecular weight excluding hydrogens is 465 g/mol. The highest BCUT2D eigenvalue weighted by Crippen LogP contribution is 2.37. The second-order valence-corrected chi connectivity index (χ2v) is 8.04. The van der Waals surface area contributed by atoms with E-state index in [0.29, 0.717) is 22.5 Å². The van der Waals surface area contributed by atoms with Gasteiger partial charge in [0, 0.05) is 23.2 Å². The third kappa shape index (κ3) is 9.60. The van der Waals surface area contributed by atoms with Gasteiger partial charge in [0.1, 0.15) is 5.82 Å². The number of carbonyl (C=O) groups excluding carboxylic acids is 1. The quantitative estimate of drug-likeness (QED) is 0.246. The van der Waals surface area contributed by atoms with Crippen LogP contribution in [0.15, 0.2) is 30.3 Å². The van der Waals surface area contributed by atoms with Gasteiger partial charge in [0.2, 0.25) is 0 Å². The van der Waals surface area contributed by atoms with Crippen molar-refractivity contribution in [1.82, 2.24) is 4.98 Å². The Balaban J connectivity index is 0. The van der Waals surface area contributed by atoms with Crippen molar-refractivity contribution in [1.29, 1.82) is 5.41 Å². The molecule has 0 bridgehead atoms. The van der Waals surface area contributed by atoms with Gasteiger partial charge < -0.3 is 24.8 Å². The maximum absolute atomic E-state index is 12.4. The first kappa shape index (κ1) is 36.5. The Kier molecular flexibility index (Phi) is 17.4. The van der Waals surface area contributed by atoms with Crippen molar-refractivity contribution < 1.29 is 18.8 Å². The van der Waals surface area contributed by atoms with E-state index in [9.17, 15) is 4.79 Å². The third-order valence-corrected chi connectivity index (χ3v) is 5.43. The summed E-state index contributed by atoms with van der Waals surface area (Å²) in [4.78, 5) is 16.9. The van der Waals surface area contributed by atoms with Crippen molar-refractivity contribution in [3.8, 4) is 0 Å². The number of aryl methyl sites for hydroxylation is 1. The van der Waals surface area contributed by atoms with Crippen molar-refractivity contribution >= 4 is 36.3 Å². The maximum atomic E-state index is 12.4. The molecule has 0 spiro atoms. The van der Waals surface area contributed by atoms with Gasteiger partial charge in [-0.1, -0.05) is 61.5 Å². The summed E-state index contributed by atoms with van der Waals surface area (Å²) in [5.74, 6) is 0.0668. The first-order valence-electron chi connectivity index (χ1n) is 13.4. The van der Waals surface area contributed by atoms with E-state index in [2.05, 4.69) is 10.3 Å². The van der Waals surface area contributed by atoms with E-state index in [1.807, 2.05) is 114 Å². The van der Waals surface area contributed by atoms with Crippen LogP contribution in [0.3, 0.4) is 0 Å². The third-order valence-electron chi connectivity index (χ3n) is 5.43. The normalized spacial score (nSPS) is 14.1. The topological polar surface area (TPSA) is 93.5 Å². The second-order valence-electron chi connectivity index (χ2n) is 8.04. The molecule has 208 valence electrons. The zero-order chi connectivity index (χ0) is 29.4. The number of ether oxygens (including phenoxy) is 1. The van der Waals surface area contributed by atoms with Crippen LogP contribution in [0.4, 0.5) is 11.5 Å². The molecule has 1 fully saturated rings. The number of esters is 1. The fourth-order valence-corrected chi connectivity index (χ4v) is 3.08. The van der Waals surface area contributed by atoms with Crippen molar-refractivity contribution in [2.24, 2.45) is 0 Å². The molecule has 1 aliphatic heterocycles. The molecule has 1 saturated heterocycles. The van der Waals surface area contributed by atoms with E-state index in [1.54, 1.807) is 6.07 Å². The molecule has 0 saturated carbocycles. The molecule has 7 nitrogen and oxygen atoms in total. The number of rotatable bonds is 5. The lowest BCUT2D eigenvalue weighted by Gasteiger charge is -2.32. The number of carbonyl (C=O) groups is 1. The lowest BCUT2D eigenvalue weighted by Crippen LogP contribution is -2.41. The first-order chi connectivity index (χ1) is 17.6. The monoisotopic (exact) mass is 515 g/mol. The number of benzene rings is 1. The summed E-state index contributed by atoms with van der Waals surface area (Å²) in [6, 6.07) is 9.07.